The second-order valence-electron chi connectivity index (χ2n) is 4.85. The maximum Gasteiger partial charge on any atom is 0.176 e. The van der Waals surface area contributed by atoms with E-state index in [2.05, 4.69) is 22.2 Å². The molecule has 1 aliphatic rings. The van der Waals surface area contributed by atoms with Crippen molar-refractivity contribution in [3.63, 3.8) is 0 Å². The highest BCUT2D eigenvalue weighted by Gasteiger charge is 2.21. The van der Waals surface area contributed by atoms with Crippen molar-refractivity contribution in [3.05, 3.63) is 29.6 Å². The predicted molar refractivity (Wildman–Crippen MR) is 70.8 cm³/mol. The number of hydrogen-bond acceptors (Lipinski definition) is 3. The second-order valence-corrected chi connectivity index (χ2v) is 4.85. The van der Waals surface area contributed by atoms with Crippen LogP contribution in [0.25, 0.3) is 11.0 Å². The van der Waals surface area contributed by atoms with Crippen LogP contribution >= 0.6 is 0 Å². The van der Waals surface area contributed by atoms with E-state index in [1.165, 1.54) is 12.8 Å². The van der Waals surface area contributed by atoms with Crippen LogP contribution in [-0.2, 0) is 6.42 Å². The number of rotatable bonds is 5. The molecule has 18 heavy (non-hydrogen) atoms. The zero-order chi connectivity index (χ0) is 12.5. The summed E-state index contributed by atoms with van der Waals surface area (Å²) in [6.45, 7) is 2.49. The van der Waals surface area contributed by atoms with Crippen molar-refractivity contribution in [3.8, 4) is 0 Å². The molecule has 0 saturated heterocycles. The molecule has 0 bridgehead atoms. The van der Waals surface area contributed by atoms with E-state index >= 15 is 0 Å². The Kier molecular flexibility index (Phi) is 2.88. The first kappa shape index (κ1) is 11.4. The number of ketones is 1. The molecule has 2 N–H and O–H groups in total. The molecular weight excluding hydrogens is 226 g/mol. The molecule has 4 nitrogen and oxygen atoms in total. The Morgan fingerprint density at radius 3 is 3.06 bits per heavy atom. The lowest BCUT2D eigenvalue weighted by atomic mass is 10.1. The lowest BCUT2D eigenvalue weighted by Crippen LogP contribution is -2.24. The Bertz CT molecular complexity index is 584. The lowest BCUT2D eigenvalue weighted by Gasteiger charge is -2.02. The van der Waals surface area contributed by atoms with Gasteiger partial charge in [-0.2, -0.15) is 0 Å². The van der Waals surface area contributed by atoms with Gasteiger partial charge in [0.1, 0.15) is 5.82 Å². The van der Waals surface area contributed by atoms with Gasteiger partial charge in [0.15, 0.2) is 5.78 Å². The van der Waals surface area contributed by atoms with E-state index in [-0.39, 0.29) is 5.78 Å². The molecule has 2 aromatic rings. The molecule has 0 radical (unpaired) electrons. The van der Waals surface area contributed by atoms with E-state index in [1.807, 2.05) is 18.2 Å². The maximum absolute atomic E-state index is 12.0. The second kappa shape index (κ2) is 4.53. The first-order valence-electron chi connectivity index (χ1n) is 6.51. The van der Waals surface area contributed by atoms with Gasteiger partial charge in [-0.25, -0.2) is 4.98 Å². The van der Waals surface area contributed by atoms with E-state index in [0.29, 0.717) is 12.6 Å². The average molecular weight is 243 g/mol. The van der Waals surface area contributed by atoms with Crippen LogP contribution in [0.5, 0.6) is 0 Å². The van der Waals surface area contributed by atoms with Gasteiger partial charge in [0.25, 0.3) is 0 Å². The molecule has 0 unspecified atom stereocenters. The third-order valence-electron chi connectivity index (χ3n) is 3.32. The highest BCUT2D eigenvalue weighted by Crippen LogP contribution is 2.19. The molecule has 0 aliphatic heterocycles. The molecule has 0 spiro atoms. The SMILES string of the molecule is CCc1nc2ccc(C(=O)CNC3CC3)cc2[nH]1. The average Bonchev–Trinajstić information content (AvgIpc) is 3.12. The summed E-state index contributed by atoms with van der Waals surface area (Å²) in [5.41, 5.74) is 2.63. The Morgan fingerprint density at radius 2 is 2.33 bits per heavy atom. The molecule has 1 heterocycles. The van der Waals surface area contributed by atoms with Crippen LogP contribution in [0.3, 0.4) is 0 Å². The minimum absolute atomic E-state index is 0.149. The number of nitrogens with zero attached hydrogens (tertiary/aromatic N) is 1. The van der Waals surface area contributed by atoms with E-state index in [9.17, 15) is 4.79 Å². The van der Waals surface area contributed by atoms with Crippen molar-refractivity contribution >= 4 is 16.8 Å². The van der Waals surface area contributed by atoms with Crippen LogP contribution in [-0.4, -0.2) is 28.3 Å². The normalized spacial score (nSPS) is 15.2. The van der Waals surface area contributed by atoms with Crippen molar-refractivity contribution in [2.24, 2.45) is 0 Å². The minimum Gasteiger partial charge on any atom is -0.342 e. The standard InChI is InChI=1S/C14H17N3O/c1-2-14-16-11-6-3-9(7-12(11)17-14)13(18)8-15-10-4-5-10/h3,6-7,10,15H,2,4-5,8H2,1H3,(H,16,17). The van der Waals surface area contributed by atoms with Gasteiger partial charge in [-0.1, -0.05) is 6.92 Å². The van der Waals surface area contributed by atoms with E-state index < -0.39 is 0 Å². The molecule has 1 aliphatic carbocycles. The van der Waals surface area contributed by atoms with Crippen molar-refractivity contribution in [1.82, 2.24) is 15.3 Å². The number of carbonyl (C=O) groups excluding carboxylic acids is 1. The number of H-pyrrole nitrogens is 1. The van der Waals surface area contributed by atoms with Gasteiger partial charge >= 0.3 is 0 Å². The molecular formula is C14H17N3O. The Morgan fingerprint density at radius 1 is 1.50 bits per heavy atom. The fourth-order valence-corrected chi connectivity index (χ4v) is 2.03. The summed E-state index contributed by atoms with van der Waals surface area (Å²) in [6.07, 6.45) is 3.28. The zero-order valence-electron chi connectivity index (χ0n) is 10.5. The van der Waals surface area contributed by atoms with E-state index in [0.717, 1.165) is 28.8 Å². The highest BCUT2D eigenvalue weighted by atomic mass is 16.1. The number of fused-ring (bicyclic) bond motifs is 1. The van der Waals surface area contributed by atoms with Gasteiger partial charge in [-0.15, -0.1) is 0 Å². The van der Waals surface area contributed by atoms with Crippen LogP contribution in [0.15, 0.2) is 18.2 Å². The van der Waals surface area contributed by atoms with Gasteiger partial charge in [-0.05, 0) is 31.0 Å². The molecule has 1 saturated carbocycles. The number of imidazole rings is 1. The van der Waals surface area contributed by atoms with Crippen molar-refractivity contribution in [2.75, 3.05) is 6.54 Å². The Hall–Kier alpha value is -1.68. The molecule has 1 fully saturated rings. The van der Waals surface area contributed by atoms with Crippen molar-refractivity contribution < 1.29 is 4.79 Å². The maximum atomic E-state index is 12.0. The summed E-state index contributed by atoms with van der Waals surface area (Å²) < 4.78 is 0. The van der Waals surface area contributed by atoms with E-state index in [1.54, 1.807) is 0 Å². The van der Waals surface area contributed by atoms with Crippen LogP contribution in [0.4, 0.5) is 0 Å². The summed E-state index contributed by atoms with van der Waals surface area (Å²) >= 11 is 0. The number of hydrogen-bond donors (Lipinski definition) is 2. The molecule has 4 heteroatoms. The monoisotopic (exact) mass is 243 g/mol. The fourth-order valence-electron chi connectivity index (χ4n) is 2.03. The Balaban J connectivity index is 1.80. The van der Waals surface area contributed by atoms with Gasteiger partial charge in [0.05, 0.1) is 17.6 Å². The Labute approximate surface area is 106 Å². The number of Topliss-reactive ketones (excluding diaryl/α,β-unsaturated/α-hetero) is 1. The first-order valence-corrected chi connectivity index (χ1v) is 6.51. The largest absolute Gasteiger partial charge is 0.342 e. The topological polar surface area (TPSA) is 57.8 Å². The summed E-state index contributed by atoms with van der Waals surface area (Å²) in [7, 11) is 0. The minimum atomic E-state index is 0.149. The van der Waals surface area contributed by atoms with Crippen molar-refractivity contribution in [2.45, 2.75) is 32.2 Å². The lowest BCUT2D eigenvalue weighted by molar-refractivity contribution is 0.0990. The third-order valence-corrected chi connectivity index (χ3v) is 3.32. The van der Waals surface area contributed by atoms with Gasteiger partial charge < -0.3 is 10.3 Å². The number of aromatic amines is 1. The summed E-state index contributed by atoms with van der Waals surface area (Å²) in [6, 6.07) is 6.24. The number of aromatic nitrogens is 2. The van der Waals surface area contributed by atoms with Crippen LogP contribution in [0.1, 0.15) is 35.9 Å². The van der Waals surface area contributed by atoms with Crippen molar-refractivity contribution in [1.29, 1.82) is 0 Å². The molecule has 0 amide bonds. The molecule has 3 rings (SSSR count). The number of carbonyl (C=O) groups is 1. The molecule has 1 aromatic carbocycles. The summed E-state index contributed by atoms with van der Waals surface area (Å²) in [4.78, 5) is 19.7. The molecule has 1 aromatic heterocycles. The number of benzene rings is 1. The fraction of sp³-hybridized carbons (Fsp3) is 0.429. The zero-order valence-corrected chi connectivity index (χ0v) is 10.5. The van der Waals surface area contributed by atoms with Gasteiger partial charge in [0, 0.05) is 18.0 Å². The van der Waals surface area contributed by atoms with Crippen LogP contribution in [0, 0.1) is 0 Å². The smallest absolute Gasteiger partial charge is 0.176 e. The van der Waals surface area contributed by atoms with Crippen LogP contribution in [0.2, 0.25) is 0 Å². The summed E-state index contributed by atoms with van der Waals surface area (Å²) in [5.74, 6) is 1.11. The quantitative estimate of drug-likeness (QED) is 0.790. The predicted octanol–water partition coefficient (Wildman–Crippen LogP) is 2.06. The number of nitrogens with one attached hydrogen (secondary N) is 2. The summed E-state index contributed by atoms with van der Waals surface area (Å²) in [5, 5.41) is 3.24. The van der Waals surface area contributed by atoms with Gasteiger partial charge in [-0.3, -0.25) is 4.79 Å². The van der Waals surface area contributed by atoms with E-state index in [4.69, 9.17) is 0 Å². The van der Waals surface area contributed by atoms with Crippen LogP contribution < -0.4 is 5.32 Å². The van der Waals surface area contributed by atoms with Gasteiger partial charge in [0.2, 0.25) is 0 Å². The molecule has 0 atom stereocenters. The third kappa shape index (κ3) is 2.29. The highest BCUT2D eigenvalue weighted by molar-refractivity contribution is 6.00. The molecule has 94 valence electrons. The number of aryl methyl sites for hydroxylation is 1. The first-order chi connectivity index (χ1) is 8.76.